The molecule has 0 heterocycles. The number of alkyl halides is 3. The second-order valence-corrected chi connectivity index (χ2v) is 3.75. The van der Waals surface area contributed by atoms with Crippen LogP contribution in [0.5, 0.6) is 0 Å². The lowest BCUT2D eigenvalue weighted by Crippen LogP contribution is -2.13. The zero-order valence-electron chi connectivity index (χ0n) is 6.83. The fourth-order valence-electron chi connectivity index (χ4n) is 0.979. The summed E-state index contributed by atoms with van der Waals surface area (Å²) < 4.78 is 49.9. The van der Waals surface area contributed by atoms with Gasteiger partial charge in [0.1, 0.15) is 5.82 Å². The number of benzene rings is 1. The monoisotopic (exact) mass is 304 g/mol. The zero-order chi connectivity index (χ0) is 11.8. The molecule has 82 valence electrons. The molecule has 1 aromatic carbocycles. The lowest BCUT2D eigenvalue weighted by atomic mass is 10.1. The number of hydrogen-bond donors (Lipinski definition) is 0. The minimum Gasteiger partial charge on any atom is -0.275 e. The third kappa shape index (κ3) is 2.49. The van der Waals surface area contributed by atoms with Crippen LogP contribution in [0.1, 0.15) is 15.9 Å². The first-order valence-corrected chi connectivity index (χ1v) is 4.67. The molecular weight excluding hydrogens is 303 g/mol. The number of carbonyl (C=O) groups excluding carboxylic acids is 1. The topological polar surface area (TPSA) is 17.1 Å². The van der Waals surface area contributed by atoms with Gasteiger partial charge in [0.2, 0.25) is 0 Å². The molecule has 0 aromatic heterocycles. The summed E-state index contributed by atoms with van der Waals surface area (Å²) in [5, 5.41) is -1.49. The molecule has 1 aromatic rings. The van der Waals surface area contributed by atoms with Gasteiger partial charge in [-0.15, -0.1) is 0 Å². The molecule has 1 nitrogen and oxygen atoms in total. The third-order valence-corrected chi connectivity index (χ3v) is 2.40. The first kappa shape index (κ1) is 12.4. The maximum absolute atomic E-state index is 13.2. The van der Waals surface area contributed by atoms with Gasteiger partial charge in [0.15, 0.2) is 0 Å². The van der Waals surface area contributed by atoms with Crippen LogP contribution < -0.4 is 0 Å². The number of rotatable bonds is 1. The summed E-state index contributed by atoms with van der Waals surface area (Å²) in [6.07, 6.45) is -4.82. The van der Waals surface area contributed by atoms with Gasteiger partial charge >= 0.3 is 6.18 Å². The van der Waals surface area contributed by atoms with Crippen LogP contribution in [0.15, 0.2) is 16.6 Å². The first-order chi connectivity index (χ1) is 6.75. The van der Waals surface area contributed by atoms with Crippen molar-refractivity contribution in [1.29, 1.82) is 0 Å². The second-order valence-electron chi connectivity index (χ2n) is 2.56. The van der Waals surface area contributed by atoms with Crippen LogP contribution in [0.25, 0.3) is 0 Å². The highest BCUT2D eigenvalue weighted by Crippen LogP contribution is 2.35. The molecule has 0 bridgehead atoms. The summed E-state index contributed by atoms with van der Waals surface area (Å²) in [5.74, 6) is -1.31. The molecule has 1 rings (SSSR count). The van der Waals surface area contributed by atoms with Gasteiger partial charge in [0.05, 0.1) is 15.6 Å². The Morgan fingerprint density at radius 1 is 1.33 bits per heavy atom. The van der Waals surface area contributed by atoms with Gasteiger partial charge in [-0.1, -0.05) is 0 Å². The van der Waals surface area contributed by atoms with Crippen molar-refractivity contribution < 1.29 is 22.4 Å². The Hall–Kier alpha value is -0.620. The molecule has 0 unspecified atom stereocenters. The highest BCUT2D eigenvalue weighted by molar-refractivity contribution is 9.10. The Labute approximate surface area is 95.2 Å². The van der Waals surface area contributed by atoms with E-state index in [1.807, 2.05) is 0 Å². The molecule has 0 atom stereocenters. The molecule has 0 aliphatic carbocycles. The average Bonchev–Trinajstić information content (AvgIpc) is 2.06. The number of halogens is 6. The van der Waals surface area contributed by atoms with Gasteiger partial charge in [-0.25, -0.2) is 4.39 Å². The Morgan fingerprint density at radius 3 is 2.27 bits per heavy atom. The van der Waals surface area contributed by atoms with Crippen molar-refractivity contribution in [2.45, 2.75) is 6.18 Å². The van der Waals surface area contributed by atoms with E-state index < -0.39 is 28.4 Å². The number of hydrogen-bond acceptors (Lipinski definition) is 1. The van der Waals surface area contributed by atoms with E-state index in [1.165, 1.54) is 0 Å². The van der Waals surface area contributed by atoms with Gasteiger partial charge in [-0.3, -0.25) is 4.79 Å². The highest BCUT2D eigenvalue weighted by Gasteiger charge is 2.37. The van der Waals surface area contributed by atoms with E-state index in [0.717, 1.165) is 6.07 Å². The summed E-state index contributed by atoms with van der Waals surface area (Å²) in [7, 11) is 0. The lowest BCUT2D eigenvalue weighted by Gasteiger charge is -2.11. The van der Waals surface area contributed by atoms with Crippen LogP contribution in [-0.2, 0) is 6.18 Å². The quantitative estimate of drug-likeness (QED) is 0.566. The van der Waals surface area contributed by atoms with Crippen LogP contribution in [-0.4, -0.2) is 5.24 Å². The second kappa shape index (κ2) is 4.09. The summed E-state index contributed by atoms with van der Waals surface area (Å²) in [6.45, 7) is 0. The van der Waals surface area contributed by atoms with E-state index in [0.29, 0.717) is 6.07 Å². The fourth-order valence-corrected chi connectivity index (χ4v) is 1.49. The van der Waals surface area contributed by atoms with Crippen LogP contribution in [0, 0.1) is 5.82 Å². The molecule has 0 aliphatic heterocycles. The van der Waals surface area contributed by atoms with Crippen molar-refractivity contribution in [1.82, 2.24) is 0 Å². The maximum atomic E-state index is 13.2. The normalized spacial score (nSPS) is 11.6. The van der Waals surface area contributed by atoms with Crippen molar-refractivity contribution in [3.8, 4) is 0 Å². The predicted octanol–water partition coefficient (Wildman–Crippen LogP) is 3.99. The van der Waals surface area contributed by atoms with Crippen molar-refractivity contribution >= 4 is 32.8 Å². The fraction of sp³-hybridized carbons (Fsp3) is 0.125. The molecule has 0 saturated heterocycles. The van der Waals surface area contributed by atoms with Crippen LogP contribution >= 0.6 is 27.5 Å². The van der Waals surface area contributed by atoms with Crippen molar-refractivity contribution in [2.75, 3.05) is 0 Å². The molecule has 0 saturated carbocycles. The molecule has 0 N–H and O–H groups in total. The first-order valence-electron chi connectivity index (χ1n) is 3.50. The zero-order valence-corrected chi connectivity index (χ0v) is 9.17. The Morgan fingerprint density at radius 2 is 1.87 bits per heavy atom. The molecule has 0 radical (unpaired) electrons. The Balaban J connectivity index is 3.55. The van der Waals surface area contributed by atoms with Crippen molar-refractivity contribution in [2.24, 2.45) is 0 Å². The van der Waals surface area contributed by atoms with Crippen molar-refractivity contribution in [3.63, 3.8) is 0 Å². The average molecular weight is 305 g/mol. The SMILES string of the molecule is O=C(Cl)c1c(C(F)(F)F)ccc(Br)c1F. The van der Waals surface area contributed by atoms with Gasteiger partial charge in [0, 0.05) is 0 Å². The maximum Gasteiger partial charge on any atom is 0.417 e. The van der Waals surface area contributed by atoms with Gasteiger partial charge in [-0.2, -0.15) is 13.2 Å². The van der Waals surface area contributed by atoms with Crippen molar-refractivity contribution in [3.05, 3.63) is 33.5 Å². The van der Waals surface area contributed by atoms with Crippen LogP contribution in [0.3, 0.4) is 0 Å². The largest absolute Gasteiger partial charge is 0.417 e. The van der Waals surface area contributed by atoms with Crippen LogP contribution in [0.2, 0.25) is 0 Å². The summed E-state index contributed by atoms with van der Waals surface area (Å²) in [5.41, 5.74) is -2.55. The van der Waals surface area contributed by atoms with E-state index in [1.54, 1.807) is 0 Å². The predicted molar refractivity (Wildman–Crippen MR) is 49.3 cm³/mol. The van der Waals surface area contributed by atoms with E-state index in [9.17, 15) is 22.4 Å². The smallest absolute Gasteiger partial charge is 0.275 e. The standard InChI is InChI=1S/C8H2BrClF4O/c9-4-2-1-3(8(12,13)14)5(6(4)11)7(10)15/h1-2H. The van der Waals surface area contributed by atoms with Crippen LogP contribution in [0.4, 0.5) is 17.6 Å². The summed E-state index contributed by atoms with van der Waals surface area (Å²) in [6, 6.07) is 1.45. The van der Waals surface area contributed by atoms with E-state index >= 15 is 0 Å². The van der Waals surface area contributed by atoms with Gasteiger partial charge in [-0.05, 0) is 39.7 Å². The highest BCUT2D eigenvalue weighted by atomic mass is 79.9. The van der Waals surface area contributed by atoms with Gasteiger partial charge in [0.25, 0.3) is 5.24 Å². The molecule has 0 fully saturated rings. The van der Waals surface area contributed by atoms with Gasteiger partial charge < -0.3 is 0 Å². The Kier molecular flexibility index (Phi) is 3.40. The molecule has 0 aliphatic rings. The number of carbonyl (C=O) groups is 1. The molecule has 0 spiro atoms. The molecule has 0 amide bonds. The van der Waals surface area contributed by atoms with E-state index in [2.05, 4.69) is 15.9 Å². The van der Waals surface area contributed by atoms with E-state index in [4.69, 9.17) is 11.6 Å². The Bertz CT molecular complexity index is 416. The minimum absolute atomic E-state index is 0.250. The summed E-state index contributed by atoms with van der Waals surface area (Å²) >= 11 is 7.55. The molecular formula is C8H2BrClF4O. The summed E-state index contributed by atoms with van der Waals surface area (Å²) in [4.78, 5) is 10.7. The lowest BCUT2D eigenvalue weighted by molar-refractivity contribution is -0.138. The minimum atomic E-state index is -4.82. The molecule has 15 heavy (non-hydrogen) atoms. The third-order valence-electron chi connectivity index (χ3n) is 1.60. The van der Waals surface area contributed by atoms with E-state index in [-0.39, 0.29) is 4.47 Å². The molecule has 7 heteroatoms.